The molecule has 2 heterocycles. The van der Waals surface area contributed by atoms with Crippen LogP contribution in [0.2, 0.25) is 5.02 Å². The highest BCUT2D eigenvalue weighted by atomic mass is 35.5. The van der Waals surface area contributed by atoms with Crippen molar-refractivity contribution in [3.05, 3.63) is 16.9 Å². The van der Waals surface area contributed by atoms with E-state index in [1.165, 1.54) is 0 Å². The molecule has 0 atom stereocenters. The van der Waals surface area contributed by atoms with Crippen LogP contribution in [0.4, 0.5) is 0 Å². The molecule has 0 saturated carbocycles. The Balaban J connectivity index is 2.30. The number of nitrogens with zero attached hydrogens (tertiary/aromatic N) is 2. The Bertz CT molecular complexity index is 476. The van der Waals surface area contributed by atoms with E-state index in [9.17, 15) is 4.79 Å². The van der Waals surface area contributed by atoms with Crippen molar-refractivity contribution in [1.29, 1.82) is 0 Å². The molecule has 118 valence electrons. The van der Waals surface area contributed by atoms with Gasteiger partial charge in [-0.2, -0.15) is 5.10 Å². The van der Waals surface area contributed by atoms with E-state index in [2.05, 4.69) is 17.3 Å². The number of ether oxygens (including phenoxy) is 1. The molecular weight excluding hydrogens is 290 g/mol. The van der Waals surface area contributed by atoms with Crippen LogP contribution < -0.4 is 5.32 Å². The largest absolute Gasteiger partial charge is 0.383 e. The number of hydrogen-bond donors (Lipinski definition) is 1. The monoisotopic (exact) mass is 313 g/mol. The van der Waals surface area contributed by atoms with Gasteiger partial charge in [0.15, 0.2) is 5.78 Å². The van der Waals surface area contributed by atoms with E-state index in [0.717, 1.165) is 38.8 Å². The second-order valence-corrected chi connectivity index (χ2v) is 6.07. The highest BCUT2D eigenvalue weighted by Gasteiger charge is 2.41. The quantitative estimate of drug-likeness (QED) is 0.786. The molecule has 1 saturated heterocycles. The van der Waals surface area contributed by atoms with Crippen LogP contribution in [-0.4, -0.2) is 42.4 Å². The molecule has 0 radical (unpaired) electrons. The van der Waals surface area contributed by atoms with E-state index in [1.54, 1.807) is 18.0 Å². The summed E-state index contributed by atoms with van der Waals surface area (Å²) in [6, 6.07) is 0. The summed E-state index contributed by atoms with van der Waals surface area (Å²) >= 11 is 6.24. The minimum absolute atomic E-state index is 0.143. The maximum absolute atomic E-state index is 13.2. The predicted octanol–water partition coefficient (Wildman–Crippen LogP) is 2.54. The lowest BCUT2D eigenvalue weighted by atomic mass is 9.71. The molecule has 0 unspecified atom stereocenters. The molecule has 1 aromatic heterocycles. The SMILES string of the molecule is CCCC1(C(=O)c2c(Cl)cnn2CCOC)CCNCC1. The minimum Gasteiger partial charge on any atom is -0.383 e. The number of ketones is 1. The minimum atomic E-state index is -0.297. The van der Waals surface area contributed by atoms with E-state index in [-0.39, 0.29) is 11.2 Å². The molecule has 2 rings (SSSR count). The van der Waals surface area contributed by atoms with Gasteiger partial charge in [-0.3, -0.25) is 9.48 Å². The third kappa shape index (κ3) is 3.47. The molecule has 0 amide bonds. The van der Waals surface area contributed by atoms with Gasteiger partial charge in [-0.25, -0.2) is 0 Å². The summed E-state index contributed by atoms with van der Waals surface area (Å²) < 4.78 is 6.77. The maximum atomic E-state index is 13.2. The predicted molar refractivity (Wildman–Crippen MR) is 82.9 cm³/mol. The van der Waals surface area contributed by atoms with Crippen LogP contribution in [0.5, 0.6) is 0 Å². The smallest absolute Gasteiger partial charge is 0.188 e. The number of carbonyl (C=O) groups excluding carboxylic acids is 1. The Morgan fingerprint density at radius 1 is 1.52 bits per heavy atom. The van der Waals surface area contributed by atoms with Gasteiger partial charge in [-0.15, -0.1) is 0 Å². The van der Waals surface area contributed by atoms with Gasteiger partial charge in [0, 0.05) is 12.5 Å². The lowest BCUT2D eigenvalue weighted by molar-refractivity contribution is 0.0689. The average Bonchev–Trinajstić information content (AvgIpc) is 2.86. The molecule has 21 heavy (non-hydrogen) atoms. The number of piperidine rings is 1. The van der Waals surface area contributed by atoms with Gasteiger partial charge in [-0.05, 0) is 32.4 Å². The maximum Gasteiger partial charge on any atom is 0.188 e. The number of carbonyl (C=O) groups is 1. The van der Waals surface area contributed by atoms with Gasteiger partial charge in [0.05, 0.1) is 24.4 Å². The number of methoxy groups -OCH3 is 1. The van der Waals surface area contributed by atoms with Crippen molar-refractivity contribution in [3.63, 3.8) is 0 Å². The molecule has 1 aromatic rings. The Morgan fingerprint density at radius 2 is 2.24 bits per heavy atom. The van der Waals surface area contributed by atoms with Crippen molar-refractivity contribution >= 4 is 17.4 Å². The second-order valence-electron chi connectivity index (χ2n) is 5.67. The van der Waals surface area contributed by atoms with Gasteiger partial charge in [0.25, 0.3) is 0 Å². The standard InChI is InChI=1S/C15H24ClN3O2/c1-3-4-15(5-7-17-8-6-15)14(20)13-12(16)11-18-19(13)9-10-21-2/h11,17H,3-10H2,1-2H3. The summed E-state index contributed by atoms with van der Waals surface area (Å²) in [4.78, 5) is 13.2. The molecule has 0 bridgehead atoms. The lowest BCUT2D eigenvalue weighted by Crippen LogP contribution is -2.43. The van der Waals surface area contributed by atoms with Crippen LogP contribution in [0.3, 0.4) is 0 Å². The Hall–Kier alpha value is -0.910. The first-order chi connectivity index (χ1) is 10.1. The summed E-state index contributed by atoms with van der Waals surface area (Å²) in [6.07, 6.45) is 5.19. The molecular formula is C15H24ClN3O2. The average molecular weight is 314 g/mol. The Kier molecular flexibility index (Phi) is 5.79. The number of nitrogens with one attached hydrogen (secondary N) is 1. The summed E-state index contributed by atoms with van der Waals surface area (Å²) in [6.45, 7) is 4.96. The highest BCUT2D eigenvalue weighted by molar-refractivity contribution is 6.33. The Morgan fingerprint density at radius 3 is 2.86 bits per heavy atom. The van der Waals surface area contributed by atoms with Crippen molar-refractivity contribution in [2.45, 2.75) is 39.2 Å². The van der Waals surface area contributed by atoms with E-state index >= 15 is 0 Å². The van der Waals surface area contributed by atoms with E-state index in [4.69, 9.17) is 16.3 Å². The number of halogens is 1. The van der Waals surface area contributed by atoms with Crippen LogP contribution >= 0.6 is 11.6 Å². The zero-order valence-corrected chi connectivity index (χ0v) is 13.6. The molecule has 1 fully saturated rings. The fourth-order valence-corrected chi connectivity index (χ4v) is 3.39. The van der Waals surface area contributed by atoms with E-state index in [0.29, 0.717) is 23.9 Å². The van der Waals surface area contributed by atoms with Crippen molar-refractivity contribution < 1.29 is 9.53 Å². The van der Waals surface area contributed by atoms with Gasteiger partial charge in [-0.1, -0.05) is 24.9 Å². The van der Waals surface area contributed by atoms with Gasteiger partial charge in [0.2, 0.25) is 0 Å². The molecule has 1 aliphatic heterocycles. The molecule has 0 spiro atoms. The first-order valence-corrected chi connectivity index (χ1v) is 7.98. The highest BCUT2D eigenvalue weighted by Crippen LogP contribution is 2.38. The number of Topliss-reactive ketones (excluding diaryl/α,β-unsaturated/α-hetero) is 1. The summed E-state index contributed by atoms with van der Waals surface area (Å²) in [7, 11) is 1.64. The molecule has 1 aliphatic rings. The van der Waals surface area contributed by atoms with Crippen LogP contribution in [0.15, 0.2) is 6.20 Å². The zero-order chi connectivity index (χ0) is 15.3. The van der Waals surface area contributed by atoms with E-state index in [1.807, 2.05) is 0 Å². The summed E-state index contributed by atoms with van der Waals surface area (Å²) in [5, 5.41) is 8.01. The summed E-state index contributed by atoms with van der Waals surface area (Å²) in [5.41, 5.74) is 0.248. The van der Waals surface area contributed by atoms with Crippen molar-refractivity contribution in [2.24, 2.45) is 5.41 Å². The molecule has 0 aliphatic carbocycles. The van der Waals surface area contributed by atoms with Gasteiger partial charge >= 0.3 is 0 Å². The van der Waals surface area contributed by atoms with Crippen molar-refractivity contribution in [3.8, 4) is 0 Å². The first-order valence-electron chi connectivity index (χ1n) is 7.60. The fraction of sp³-hybridized carbons (Fsp3) is 0.733. The van der Waals surface area contributed by atoms with E-state index < -0.39 is 0 Å². The topological polar surface area (TPSA) is 56.2 Å². The normalized spacial score (nSPS) is 17.9. The van der Waals surface area contributed by atoms with Crippen molar-refractivity contribution in [1.82, 2.24) is 15.1 Å². The van der Waals surface area contributed by atoms with Gasteiger partial charge in [0.1, 0.15) is 5.69 Å². The molecule has 5 nitrogen and oxygen atoms in total. The Labute approximate surface area is 131 Å². The van der Waals surface area contributed by atoms with Crippen molar-refractivity contribution in [2.75, 3.05) is 26.8 Å². The number of rotatable bonds is 7. The number of aromatic nitrogens is 2. The molecule has 1 N–H and O–H groups in total. The fourth-order valence-electron chi connectivity index (χ4n) is 3.16. The second kappa shape index (κ2) is 7.38. The lowest BCUT2D eigenvalue weighted by Gasteiger charge is -2.36. The first kappa shape index (κ1) is 16.5. The third-order valence-corrected chi connectivity index (χ3v) is 4.56. The number of hydrogen-bond acceptors (Lipinski definition) is 4. The van der Waals surface area contributed by atoms with Crippen LogP contribution in [0.25, 0.3) is 0 Å². The molecule has 6 heteroatoms. The van der Waals surface area contributed by atoms with Crippen LogP contribution in [-0.2, 0) is 11.3 Å². The van der Waals surface area contributed by atoms with Crippen LogP contribution in [0.1, 0.15) is 43.1 Å². The molecule has 0 aromatic carbocycles. The third-order valence-electron chi connectivity index (χ3n) is 4.29. The summed E-state index contributed by atoms with van der Waals surface area (Å²) in [5.74, 6) is 0.143. The van der Waals surface area contributed by atoms with Gasteiger partial charge < -0.3 is 10.1 Å². The zero-order valence-electron chi connectivity index (χ0n) is 12.8. The van der Waals surface area contributed by atoms with Crippen LogP contribution in [0, 0.1) is 5.41 Å².